The molecule has 3 rings (SSSR count). The highest BCUT2D eigenvalue weighted by atomic mass is 16.3. The Morgan fingerprint density at radius 2 is 1.93 bits per heavy atom. The monoisotopic (exact) mass is 364 g/mol. The van der Waals surface area contributed by atoms with E-state index < -0.39 is 0 Å². The Bertz CT molecular complexity index is 818. The first-order valence-corrected chi connectivity index (χ1v) is 9.50. The van der Waals surface area contributed by atoms with Gasteiger partial charge in [-0.2, -0.15) is 0 Å². The highest BCUT2D eigenvalue weighted by molar-refractivity contribution is 5.96. The van der Waals surface area contributed by atoms with Crippen molar-refractivity contribution in [3.63, 3.8) is 0 Å². The van der Waals surface area contributed by atoms with E-state index >= 15 is 0 Å². The average Bonchev–Trinajstić information content (AvgIpc) is 2.70. The number of piperazine rings is 1. The minimum atomic E-state index is -0.0197. The van der Waals surface area contributed by atoms with Crippen molar-refractivity contribution in [3.05, 3.63) is 72.3 Å². The molecule has 1 aliphatic heterocycles. The summed E-state index contributed by atoms with van der Waals surface area (Å²) >= 11 is 0. The molecule has 4 nitrogen and oxygen atoms in total. The van der Waals surface area contributed by atoms with Crippen molar-refractivity contribution < 1.29 is 9.90 Å². The molecule has 0 bridgehead atoms. The molecule has 2 aromatic rings. The van der Waals surface area contributed by atoms with E-state index in [4.69, 9.17) is 0 Å². The minimum Gasteiger partial charge on any atom is -0.392 e. The van der Waals surface area contributed by atoms with Gasteiger partial charge in [-0.05, 0) is 42.7 Å². The summed E-state index contributed by atoms with van der Waals surface area (Å²) in [6.07, 6.45) is 1.92. The molecule has 1 saturated heterocycles. The lowest BCUT2D eigenvalue weighted by Crippen LogP contribution is -2.57. The van der Waals surface area contributed by atoms with Gasteiger partial charge < -0.3 is 10.0 Å². The number of carbonyl (C=O) groups excluding carboxylic acids is 1. The highest BCUT2D eigenvalue weighted by Crippen LogP contribution is 2.26. The Balaban J connectivity index is 1.85. The molecular weight excluding hydrogens is 336 g/mol. The Morgan fingerprint density at radius 1 is 1.15 bits per heavy atom. The molecule has 2 unspecified atom stereocenters. The number of aliphatic hydroxyl groups excluding tert-OH is 1. The van der Waals surface area contributed by atoms with Gasteiger partial charge >= 0.3 is 0 Å². The summed E-state index contributed by atoms with van der Waals surface area (Å²) in [6.45, 7) is 10.5. The number of amides is 1. The van der Waals surface area contributed by atoms with Crippen molar-refractivity contribution >= 4 is 5.91 Å². The number of hydrogen-bond acceptors (Lipinski definition) is 3. The van der Waals surface area contributed by atoms with Gasteiger partial charge in [-0.1, -0.05) is 42.5 Å². The lowest BCUT2D eigenvalue weighted by atomic mass is 9.97. The molecule has 1 N–H and O–H groups in total. The normalized spacial score (nSPS) is 20.5. The highest BCUT2D eigenvalue weighted by Gasteiger charge is 2.31. The second kappa shape index (κ2) is 8.51. The van der Waals surface area contributed by atoms with Crippen LogP contribution in [0.5, 0.6) is 0 Å². The smallest absolute Gasteiger partial charge is 0.254 e. The largest absolute Gasteiger partial charge is 0.392 e. The fraction of sp³-hybridized carbons (Fsp3) is 0.348. The number of aliphatic hydroxyl groups is 1. The van der Waals surface area contributed by atoms with Crippen LogP contribution in [-0.4, -0.2) is 52.5 Å². The van der Waals surface area contributed by atoms with Crippen molar-refractivity contribution in [2.75, 3.05) is 19.6 Å². The van der Waals surface area contributed by atoms with E-state index in [0.29, 0.717) is 18.2 Å². The molecule has 1 amide bonds. The standard InChI is InChI=1S/C23H28N2O2/c1-4-12-24-14-18(3)25(15-17(24)2)23(27)20-10-7-9-19(13-20)22-11-6-5-8-21(22)16-26/h4-11,13,17-18,26H,1,12,14-16H2,2-3H3. The van der Waals surface area contributed by atoms with Crippen molar-refractivity contribution in [2.24, 2.45) is 0 Å². The van der Waals surface area contributed by atoms with Gasteiger partial charge in [-0.3, -0.25) is 9.69 Å². The summed E-state index contributed by atoms with van der Waals surface area (Å²) in [5, 5.41) is 9.61. The maximum atomic E-state index is 13.2. The second-order valence-electron chi connectivity index (χ2n) is 7.29. The molecule has 0 saturated carbocycles. The van der Waals surface area contributed by atoms with Gasteiger partial charge in [0.05, 0.1) is 6.61 Å². The van der Waals surface area contributed by atoms with Crippen LogP contribution in [0.3, 0.4) is 0 Å². The Hall–Kier alpha value is -2.43. The zero-order valence-electron chi connectivity index (χ0n) is 16.1. The third-order valence-corrected chi connectivity index (χ3v) is 5.35. The fourth-order valence-corrected chi connectivity index (χ4v) is 3.83. The summed E-state index contributed by atoms with van der Waals surface area (Å²) < 4.78 is 0. The third kappa shape index (κ3) is 4.12. The molecular formula is C23H28N2O2. The number of rotatable bonds is 5. The summed E-state index contributed by atoms with van der Waals surface area (Å²) in [5.74, 6) is 0.0657. The maximum absolute atomic E-state index is 13.2. The zero-order chi connectivity index (χ0) is 19.4. The van der Waals surface area contributed by atoms with Crippen LogP contribution in [0.2, 0.25) is 0 Å². The van der Waals surface area contributed by atoms with E-state index in [1.54, 1.807) is 0 Å². The minimum absolute atomic E-state index is 0.0197. The molecule has 2 atom stereocenters. The lowest BCUT2D eigenvalue weighted by molar-refractivity contribution is 0.0355. The van der Waals surface area contributed by atoms with Gasteiger partial charge in [-0.15, -0.1) is 6.58 Å². The SMILES string of the molecule is C=CCN1CC(C)N(C(=O)c2cccc(-c3ccccc3CO)c2)CC1C. The van der Waals surface area contributed by atoms with E-state index in [1.165, 1.54) is 0 Å². The molecule has 0 spiro atoms. The topological polar surface area (TPSA) is 43.8 Å². The van der Waals surface area contributed by atoms with Gasteiger partial charge in [-0.25, -0.2) is 0 Å². The van der Waals surface area contributed by atoms with Gasteiger partial charge in [0.2, 0.25) is 0 Å². The number of carbonyl (C=O) groups is 1. The molecule has 27 heavy (non-hydrogen) atoms. The van der Waals surface area contributed by atoms with E-state index in [-0.39, 0.29) is 18.6 Å². The van der Waals surface area contributed by atoms with Crippen LogP contribution in [-0.2, 0) is 6.61 Å². The maximum Gasteiger partial charge on any atom is 0.254 e. The summed E-state index contributed by atoms with van der Waals surface area (Å²) in [7, 11) is 0. The van der Waals surface area contributed by atoms with Gasteiger partial charge in [0, 0.05) is 37.3 Å². The van der Waals surface area contributed by atoms with E-state index in [2.05, 4.69) is 25.3 Å². The molecule has 0 aromatic heterocycles. The molecule has 4 heteroatoms. The van der Waals surface area contributed by atoms with Crippen LogP contribution < -0.4 is 0 Å². The quantitative estimate of drug-likeness (QED) is 0.825. The van der Waals surface area contributed by atoms with Crippen LogP contribution in [0.25, 0.3) is 11.1 Å². The number of nitrogens with zero attached hydrogens (tertiary/aromatic N) is 2. The first-order chi connectivity index (χ1) is 13.0. The Labute approximate surface area is 161 Å². The molecule has 1 aliphatic rings. The first-order valence-electron chi connectivity index (χ1n) is 9.50. The summed E-state index contributed by atoms with van der Waals surface area (Å²) in [5.41, 5.74) is 3.47. The Kier molecular flexibility index (Phi) is 6.09. The van der Waals surface area contributed by atoms with E-state index in [1.807, 2.05) is 59.5 Å². The van der Waals surface area contributed by atoms with Crippen molar-refractivity contribution in [3.8, 4) is 11.1 Å². The predicted octanol–water partition coefficient (Wildman–Crippen LogP) is 3.57. The van der Waals surface area contributed by atoms with Crippen molar-refractivity contribution in [1.82, 2.24) is 9.80 Å². The zero-order valence-corrected chi connectivity index (χ0v) is 16.1. The average molecular weight is 364 g/mol. The van der Waals surface area contributed by atoms with E-state index in [9.17, 15) is 9.90 Å². The second-order valence-corrected chi connectivity index (χ2v) is 7.29. The third-order valence-electron chi connectivity index (χ3n) is 5.35. The summed E-state index contributed by atoms with van der Waals surface area (Å²) in [4.78, 5) is 17.5. The van der Waals surface area contributed by atoms with Crippen molar-refractivity contribution in [1.29, 1.82) is 0 Å². The molecule has 0 aliphatic carbocycles. The summed E-state index contributed by atoms with van der Waals surface area (Å²) in [6, 6.07) is 15.9. The van der Waals surface area contributed by atoms with Crippen LogP contribution >= 0.6 is 0 Å². The lowest BCUT2D eigenvalue weighted by Gasteiger charge is -2.43. The number of hydrogen-bond donors (Lipinski definition) is 1. The van der Waals surface area contributed by atoms with Crippen molar-refractivity contribution in [2.45, 2.75) is 32.5 Å². The molecule has 142 valence electrons. The molecule has 0 radical (unpaired) electrons. The van der Waals surface area contributed by atoms with Gasteiger partial charge in [0.25, 0.3) is 5.91 Å². The predicted molar refractivity (Wildman–Crippen MR) is 110 cm³/mol. The van der Waals surface area contributed by atoms with Gasteiger partial charge in [0.15, 0.2) is 0 Å². The van der Waals surface area contributed by atoms with Crippen LogP contribution in [0.15, 0.2) is 61.2 Å². The number of benzene rings is 2. The first kappa shape index (κ1) is 19.3. The van der Waals surface area contributed by atoms with E-state index in [0.717, 1.165) is 29.8 Å². The van der Waals surface area contributed by atoms with Crippen LogP contribution in [0.4, 0.5) is 0 Å². The van der Waals surface area contributed by atoms with Crippen LogP contribution in [0, 0.1) is 0 Å². The van der Waals surface area contributed by atoms with Gasteiger partial charge in [0.1, 0.15) is 0 Å². The van der Waals surface area contributed by atoms with Crippen LogP contribution in [0.1, 0.15) is 29.8 Å². The molecule has 1 heterocycles. The fourth-order valence-electron chi connectivity index (χ4n) is 3.83. The molecule has 1 fully saturated rings. The Morgan fingerprint density at radius 3 is 2.67 bits per heavy atom. The molecule has 2 aromatic carbocycles.